The van der Waals surface area contributed by atoms with Gasteiger partial charge < -0.3 is 10.1 Å². The number of ether oxygens (including phenoxy) is 1. The number of benzene rings is 3. The molecule has 3 aromatic rings. The van der Waals surface area contributed by atoms with E-state index in [1.165, 1.54) is 11.6 Å². The minimum atomic E-state index is -0.807. The molecule has 29 heavy (non-hydrogen) atoms. The van der Waals surface area contributed by atoms with Gasteiger partial charge in [-0.1, -0.05) is 54.6 Å². The van der Waals surface area contributed by atoms with Gasteiger partial charge in [0.05, 0.1) is 6.21 Å². The molecule has 0 aromatic heterocycles. The Labute approximate surface area is 169 Å². The maximum Gasteiger partial charge on any atom is 0.329 e. The molecule has 0 bridgehead atoms. The zero-order chi connectivity index (χ0) is 20.6. The molecule has 0 fully saturated rings. The summed E-state index contributed by atoms with van der Waals surface area (Å²) in [5.74, 6) is -0.839. The van der Waals surface area contributed by atoms with Gasteiger partial charge in [0.15, 0.2) is 0 Å². The Bertz CT molecular complexity index is 1040. The summed E-state index contributed by atoms with van der Waals surface area (Å²) in [6.07, 6.45) is 1.46. The molecule has 0 atom stereocenters. The van der Waals surface area contributed by atoms with E-state index in [1.807, 2.05) is 48.5 Å². The second kappa shape index (κ2) is 9.50. The van der Waals surface area contributed by atoms with Gasteiger partial charge in [-0.05, 0) is 47.9 Å². The smallest absolute Gasteiger partial charge is 0.329 e. The van der Waals surface area contributed by atoms with Crippen molar-refractivity contribution in [2.45, 2.75) is 26.5 Å². The fraction of sp³-hybridized carbons (Fsp3) is 0.174. The first kappa shape index (κ1) is 20.1. The normalized spacial score (nSPS) is 11.0. The maximum absolute atomic E-state index is 11.6. The number of fused-ring (bicyclic) bond motifs is 1. The van der Waals surface area contributed by atoms with Crippen molar-refractivity contribution in [3.8, 4) is 5.75 Å². The van der Waals surface area contributed by atoms with Gasteiger partial charge in [0.1, 0.15) is 12.4 Å². The van der Waals surface area contributed by atoms with Gasteiger partial charge in [0.2, 0.25) is 0 Å². The van der Waals surface area contributed by atoms with E-state index in [1.54, 1.807) is 13.8 Å². The van der Waals surface area contributed by atoms with E-state index in [-0.39, 0.29) is 6.04 Å². The third-order valence-electron chi connectivity index (χ3n) is 4.14. The molecule has 0 aliphatic heterocycles. The lowest BCUT2D eigenvalue weighted by Gasteiger charge is -2.09. The summed E-state index contributed by atoms with van der Waals surface area (Å²) in [5, 5.41) is 8.66. The molecule has 2 N–H and O–H groups in total. The van der Waals surface area contributed by atoms with Crippen LogP contribution in [0.3, 0.4) is 0 Å². The van der Waals surface area contributed by atoms with Gasteiger partial charge in [-0.3, -0.25) is 9.59 Å². The van der Waals surface area contributed by atoms with Crippen molar-refractivity contribution >= 4 is 28.8 Å². The van der Waals surface area contributed by atoms with Crippen LogP contribution in [0.1, 0.15) is 25.0 Å². The molecule has 0 unspecified atom stereocenters. The zero-order valence-electron chi connectivity index (χ0n) is 16.4. The van der Waals surface area contributed by atoms with Crippen molar-refractivity contribution in [2.75, 3.05) is 0 Å². The second-order valence-corrected chi connectivity index (χ2v) is 6.83. The highest BCUT2D eigenvalue weighted by Gasteiger charge is 2.12. The molecule has 0 radical (unpaired) electrons. The molecule has 0 aliphatic rings. The predicted molar refractivity (Wildman–Crippen MR) is 114 cm³/mol. The zero-order valence-corrected chi connectivity index (χ0v) is 16.4. The summed E-state index contributed by atoms with van der Waals surface area (Å²) >= 11 is 0. The van der Waals surface area contributed by atoms with Gasteiger partial charge >= 0.3 is 11.8 Å². The molecule has 3 aromatic carbocycles. The van der Waals surface area contributed by atoms with Crippen molar-refractivity contribution in [3.63, 3.8) is 0 Å². The highest BCUT2D eigenvalue weighted by molar-refractivity contribution is 6.35. The quantitative estimate of drug-likeness (QED) is 0.385. The SMILES string of the molecule is CC(C)NC(=O)C(=O)N/N=C\c1cccc(OCc2cccc3ccccc23)c1. The number of rotatable bonds is 6. The van der Waals surface area contributed by atoms with Crippen molar-refractivity contribution in [1.82, 2.24) is 10.7 Å². The second-order valence-electron chi connectivity index (χ2n) is 6.83. The highest BCUT2D eigenvalue weighted by atomic mass is 16.5. The summed E-state index contributed by atoms with van der Waals surface area (Å²) < 4.78 is 5.94. The van der Waals surface area contributed by atoms with Crippen LogP contribution in [0.2, 0.25) is 0 Å². The molecule has 0 aliphatic carbocycles. The van der Waals surface area contributed by atoms with E-state index < -0.39 is 11.8 Å². The third-order valence-corrected chi connectivity index (χ3v) is 4.14. The highest BCUT2D eigenvalue weighted by Crippen LogP contribution is 2.21. The maximum atomic E-state index is 11.6. The summed E-state index contributed by atoms with van der Waals surface area (Å²) in [6.45, 7) is 3.99. The Kier molecular flexibility index (Phi) is 6.58. The van der Waals surface area contributed by atoms with Crippen molar-refractivity contribution in [1.29, 1.82) is 0 Å². The van der Waals surface area contributed by atoms with E-state index in [0.29, 0.717) is 12.4 Å². The average molecular weight is 389 g/mol. The minimum Gasteiger partial charge on any atom is -0.489 e. The Hall–Kier alpha value is -3.67. The van der Waals surface area contributed by atoms with Crippen LogP contribution < -0.4 is 15.5 Å². The summed E-state index contributed by atoms with van der Waals surface area (Å²) in [7, 11) is 0. The van der Waals surface area contributed by atoms with Crippen molar-refractivity contribution in [2.24, 2.45) is 5.10 Å². The van der Waals surface area contributed by atoms with Crippen molar-refractivity contribution in [3.05, 3.63) is 77.9 Å². The number of carbonyl (C=O) groups is 2. The number of hydrazone groups is 1. The van der Waals surface area contributed by atoms with E-state index in [0.717, 1.165) is 16.5 Å². The van der Waals surface area contributed by atoms with Crippen LogP contribution in [-0.2, 0) is 16.2 Å². The molecule has 0 saturated heterocycles. The van der Waals surface area contributed by atoms with Gasteiger partial charge in [-0.15, -0.1) is 0 Å². The molecule has 0 saturated carbocycles. The van der Waals surface area contributed by atoms with Crippen LogP contribution in [0, 0.1) is 0 Å². The lowest BCUT2D eigenvalue weighted by molar-refractivity contribution is -0.139. The predicted octanol–water partition coefficient (Wildman–Crippen LogP) is 3.39. The topological polar surface area (TPSA) is 79.8 Å². The minimum absolute atomic E-state index is 0.118. The third kappa shape index (κ3) is 5.65. The Morgan fingerprint density at radius 3 is 2.59 bits per heavy atom. The van der Waals surface area contributed by atoms with Crippen molar-refractivity contribution < 1.29 is 14.3 Å². The standard InChI is InChI=1S/C23H23N3O3/c1-16(2)25-22(27)23(28)26-24-14-17-7-5-11-20(13-17)29-15-19-10-6-9-18-8-3-4-12-21(18)19/h3-14,16H,15H2,1-2H3,(H,25,27)(H,26,28)/b24-14-. The largest absolute Gasteiger partial charge is 0.489 e. The fourth-order valence-electron chi connectivity index (χ4n) is 2.81. The first-order valence-corrected chi connectivity index (χ1v) is 9.36. The summed E-state index contributed by atoms with van der Waals surface area (Å²) in [5.41, 5.74) is 4.05. The van der Waals surface area contributed by atoms with Crippen LogP contribution in [0.15, 0.2) is 71.8 Å². The Morgan fingerprint density at radius 2 is 1.76 bits per heavy atom. The van der Waals surface area contributed by atoms with Crippen LogP contribution in [0.4, 0.5) is 0 Å². The molecule has 0 spiro atoms. The van der Waals surface area contributed by atoms with Crippen LogP contribution in [-0.4, -0.2) is 24.1 Å². The monoisotopic (exact) mass is 389 g/mol. The lowest BCUT2D eigenvalue weighted by atomic mass is 10.1. The van der Waals surface area contributed by atoms with Gasteiger partial charge in [-0.2, -0.15) is 5.10 Å². The number of hydrogen-bond donors (Lipinski definition) is 2. The average Bonchev–Trinajstić information content (AvgIpc) is 2.72. The molecule has 0 heterocycles. The molecule has 3 rings (SSSR count). The van der Waals surface area contributed by atoms with E-state index in [2.05, 4.69) is 34.0 Å². The summed E-state index contributed by atoms with van der Waals surface area (Å²) in [6, 6.07) is 21.5. The molecule has 2 amide bonds. The Morgan fingerprint density at radius 1 is 1.00 bits per heavy atom. The lowest BCUT2D eigenvalue weighted by Crippen LogP contribution is -2.41. The van der Waals surface area contributed by atoms with Gasteiger partial charge in [-0.25, -0.2) is 5.43 Å². The van der Waals surface area contributed by atoms with E-state index >= 15 is 0 Å². The number of carbonyl (C=O) groups excluding carboxylic acids is 2. The fourth-order valence-corrected chi connectivity index (χ4v) is 2.81. The number of nitrogens with one attached hydrogen (secondary N) is 2. The Balaban J connectivity index is 1.61. The van der Waals surface area contributed by atoms with Crippen LogP contribution in [0.25, 0.3) is 10.8 Å². The molecule has 148 valence electrons. The molecular weight excluding hydrogens is 366 g/mol. The van der Waals surface area contributed by atoms with Crippen LogP contribution in [0.5, 0.6) is 5.75 Å². The first-order valence-electron chi connectivity index (χ1n) is 9.36. The van der Waals surface area contributed by atoms with E-state index in [9.17, 15) is 9.59 Å². The molecule has 6 nitrogen and oxygen atoms in total. The van der Waals surface area contributed by atoms with Gasteiger partial charge in [0, 0.05) is 6.04 Å². The van der Waals surface area contributed by atoms with Gasteiger partial charge in [0.25, 0.3) is 0 Å². The summed E-state index contributed by atoms with van der Waals surface area (Å²) in [4.78, 5) is 23.2. The first-order chi connectivity index (χ1) is 14.0. The van der Waals surface area contributed by atoms with Crippen LogP contribution >= 0.6 is 0 Å². The molecular formula is C23H23N3O3. The number of amides is 2. The number of hydrogen-bond acceptors (Lipinski definition) is 4. The number of nitrogens with zero attached hydrogens (tertiary/aromatic N) is 1. The molecule has 6 heteroatoms. The van der Waals surface area contributed by atoms with E-state index in [4.69, 9.17) is 4.74 Å².